The number of thiocarbonyl (C=S) groups is 1. The van der Waals surface area contributed by atoms with Crippen molar-refractivity contribution < 1.29 is 9.47 Å². The van der Waals surface area contributed by atoms with Crippen LogP contribution in [0.1, 0.15) is 55.1 Å². The summed E-state index contributed by atoms with van der Waals surface area (Å²) in [5.74, 6) is 2.32. The van der Waals surface area contributed by atoms with Crippen LogP contribution in [-0.2, 0) is 0 Å². The molecule has 1 N–H and O–H groups in total. The number of rotatable bonds is 7. The molecule has 0 spiro atoms. The lowest BCUT2D eigenvalue weighted by Gasteiger charge is -2.27. The first kappa shape index (κ1) is 23.6. The minimum absolute atomic E-state index is 0.0154. The van der Waals surface area contributed by atoms with E-state index in [2.05, 4.69) is 56.4 Å². The van der Waals surface area contributed by atoms with Gasteiger partial charge in [-0.05, 0) is 97.4 Å². The third-order valence-electron chi connectivity index (χ3n) is 7.33. The summed E-state index contributed by atoms with van der Waals surface area (Å²) < 4.78 is 13.7. The van der Waals surface area contributed by atoms with E-state index in [1.165, 1.54) is 31.2 Å². The van der Waals surface area contributed by atoms with Crippen LogP contribution in [0.4, 0.5) is 5.69 Å². The molecule has 2 aromatic heterocycles. The first-order valence-electron chi connectivity index (χ1n) is 12.8. The van der Waals surface area contributed by atoms with E-state index in [-0.39, 0.29) is 12.1 Å². The van der Waals surface area contributed by atoms with Crippen LogP contribution in [0, 0.1) is 0 Å². The van der Waals surface area contributed by atoms with E-state index < -0.39 is 0 Å². The molecule has 3 heterocycles. The lowest BCUT2D eigenvalue weighted by atomic mass is 9.98. The zero-order valence-corrected chi connectivity index (χ0v) is 21.6. The first-order chi connectivity index (χ1) is 18.2. The second-order valence-electron chi connectivity index (χ2n) is 9.60. The maximum absolute atomic E-state index is 6.05. The molecule has 6 nitrogen and oxygen atoms in total. The molecule has 188 valence electrons. The maximum Gasteiger partial charge on any atom is 0.174 e. The Morgan fingerprint density at radius 3 is 2.27 bits per heavy atom. The quantitative estimate of drug-likeness (QED) is 0.271. The summed E-state index contributed by atoms with van der Waals surface area (Å²) in [4.78, 5) is 6.88. The number of benzene rings is 2. The van der Waals surface area contributed by atoms with Gasteiger partial charge in [0.1, 0.15) is 17.2 Å². The smallest absolute Gasteiger partial charge is 0.174 e. The summed E-state index contributed by atoms with van der Waals surface area (Å²) in [5.41, 5.74) is 3.22. The zero-order chi connectivity index (χ0) is 25.2. The average Bonchev–Trinajstić information content (AvgIpc) is 3.70. The van der Waals surface area contributed by atoms with Crippen LogP contribution in [0.15, 0.2) is 91.4 Å². The molecule has 0 radical (unpaired) electrons. The molecule has 6 rings (SSSR count). The fourth-order valence-corrected chi connectivity index (χ4v) is 5.81. The number of hydrogen-bond acceptors (Lipinski definition) is 4. The Morgan fingerprint density at radius 1 is 0.892 bits per heavy atom. The number of methoxy groups -OCH3 is 1. The summed E-state index contributed by atoms with van der Waals surface area (Å²) >= 11 is 5.89. The molecule has 0 unspecified atom stereocenters. The lowest BCUT2D eigenvalue weighted by Crippen LogP contribution is -2.29. The van der Waals surface area contributed by atoms with Crippen LogP contribution in [-0.4, -0.2) is 21.8 Å². The third-order valence-corrected chi connectivity index (χ3v) is 7.65. The van der Waals surface area contributed by atoms with Gasteiger partial charge in [-0.1, -0.05) is 18.9 Å². The van der Waals surface area contributed by atoms with Gasteiger partial charge in [-0.25, -0.2) is 0 Å². The molecular formula is C30H30N4O2S. The van der Waals surface area contributed by atoms with E-state index >= 15 is 0 Å². The van der Waals surface area contributed by atoms with Crippen molar-refractivity contribution >= 4 is 23.0 Å². The number of aromatic nitrogens is 2. The maximum atomic E-state index is 6.05. The van der Waals surface area contributed by atoms with Crippen LogP contribution in [0.3, 0.4) is 0 Å². The number of ether oxygens (including phenoxy) is 2. The molecule has 37 heavy (non-hydrogen) atoms. The third kappa shape index (κ3) is 4.79. The van der Waals surface area contributed by atoms with Crippen molar-refractivity contribution in [3.05, 3.63) is 103 Å². The van der Waals surface area contributed by atoms with Gasteiger partial charge >= 0.3 is 0 Å². The Morgan fingerprint density at radius 2 is 1.59 bits per heavy atom. The second-order valence-corrected chi connectivity index (χ2v) is 9.99. The number of nitrogens with one attached hydrogen (secondary N) is 1. The van der Waals surface area contributed by atoms with E-state index in [9.17, 15) is 0 Å². The van der Waals surface area contributed by atoms with E-state index in [0.29, 0.717) is 11.2 Å². The van der Waals surface area contributed by atoms with Gasteiger partial charge in [-0.3, -0.25) is 4.98 Å². The zero-order valence-electron chi connectivity index (χ0n) is 20.8. The molecular weight excluding hydrogens is 480 g/mol. The summed E-state index contributed by atoms with van der Waals surface area (Å²) in [6.45, 7) is 0. The highest BCUT2D eigenvalue weighted by Crippen LogP contribution is 2.43. The van der Waals surface area contributed by atoms with Gasteiger partial charge in [0.05, 0.1) is 24.9 Å². The Labute approximate surface area is 222 Å². The van der Waals surface area contributed by atoms with Crippen molar-refractivity contribution in [3.63, 3.8) is 0 Å². The van der Waals surface area contributed by atoms with Gasteiger partial charge in [0.25, 0.3) is 0 Å². The first-order valence-corrected chi connectivity index (χ1v) is 13.2. The highest BCUT2D eigenvalue weighted by molar-refractivity contribution is 7.80. The summed E-state index contributed by atoms with van der Waals surface area (Å²) in [6, 6.07) is 24.5. The van der Waals surface area contributed by atoms with Crippen LogP contribution >= 0.6 is 12.2 Å². The Bertz CT molecular complexity index is 1350. The number of nitrogens with zero attached hydrogens (tertiary/aromatic N) is 3. The fraction of sp³-hybridized carbons (Fsp3) is 0.267. The second kappa shape index (κ2) is 10.3. The largest absolute Gasteiger partial charge is 0.497 e. The SMILES string of the molecule is COc1ccc(Oc2ccc(N3C(=S)N[C@@H](c4ccccn4)[C@H]3c3ccn(C4CCCC4)c3)cc2)cc1. The van der Waals surface area contributed by atoms with E-state index in [4.69, 9.17) is 21.7 Å². The monoisotopic (exact) mass is 510 g/mol. The topological polar surface area (TPSA) is 51.6 Å². The Kier molecular flexibility index (Phi) is 6.53. The number of anilines is 1. The highest BCUT2D eigenvalue weighted by atomic mass is 32.1. The van der Waals surface area contributed by atoms with E-state index in [0.717, 1.165) is 28.6 Å². The molecule has 0 amide bonds. The van der Waals surface area contributed by atoms with Gasteiger partial charge in [0, 0.05) is 30.3 Å². The van der Waals surface area contributed by atoms with Crippen molar-refractivity contribution in [3.8, 4) is 17.2 Å². The van der Waals surface area contributed by atoms with Gasteiger partial charge < -0.3 is 24.3 Å². The minimum Gasteiger partial charge on any atom is -0.497 e. The molecule has 2 aromatic carbocycles. The Balaban J connectivity index is 1.30. The average molecular weight is 511 g/mol. The molecule has 7 heteroatoms. The molecule has 2 aliphatic rings. The van der Waals surface area contributed by atoms with Crippen LogP contribution < -0.4 is 19.7 Å². The van der Waals surface area contributed by atoms with Gasteiger partial charge in [0.2, 0.25) is 0 Å². The number of hydrogen-bond donors (Lipinski definition) is 1. The van der Waals surface area contributed by atoms with Crippen molar-refractivity contribution in [2.75, 3.05) is 12.0 Å². The van der Waals surface area contributed by atoms with Crippen molar-refractivity contribution in [1.29, 1.82) is 0 Å². The molecule has 1 saturated carbocycles. The molecule has 0 bridgehead atoms. The normalized spacial score (nSPS) is 19.7. The van der Waals surface area contributed by atoms with Crippen molar-refractivity contribution in [1.82, 2.24) is 14.9 Å². The molecule has 2 atom stereocenters. The predicted molar refractivity (Wildman–Crippen MR) is 149 cm³/mol. The van der Waals surface area contributed by atoms with Crippen molar-refractivity contribution in [2.24, 2.45) is 0 Å². The molecule has 1 aliphatic heterocycles. The number of pyridine rings is 1. The van der Waals surface area contributed by atoms with E-state index in [1.807, 2.05) is 54.7 Å². The predicted octanol–water partition coefficient (Wildman–Crippen LogP) is 6.98. The van der Waals surface area contributed by atoms with Crippen molar-refractivity contribution in [2.45, 2.75) is 43.8 Å². The van der Waals surface area contributed by atoms with E-state index in [1.54, 1.807) is 7.11 Å². The van der Waals surface area contributed by atoms with Gasteiger partial charge in [0.15, 0.2) is 5.11 Å². The molecule has 1 saturated heterocycles. The fourth-order valence-electron chi connectivity index (χ4n) is 5.46. The minimum atomic E-state index is -0.0525. The lowest BCUT2D eigenvalue weighted by molar-refractivity contribution is 0.413. The van der Waals surface area contributed by atoms with Gasteiger partial charge in [-0.2, -0.15) is 0 Å². The Hall–Kier alpha value is -3.84. The molecule has 2 fully saturated rings. The standard InChI is InChI=1S/C30H30N4O2S/c1-35-24-13-15-26(16-14-24)36-25-11-9-23(10-12-25)34-29(21-17-19-33(20-21)22-6-2-3-7-22)28(32-30(34)37)27-8-4-5-18-31-27/h4-5,8-20,22,28-29H,2-3,6-7H2,1H3,(H,32,37)/t28-,29+/m0/s1. The van der Waals surface area contributed by atoms with Crippen LogP contribution in [0.25, 0.3) is 0 Å². The van der Waals surface area contributed by atoms with Gasteiger partial charge in [-0.15, -0.1) is 0 Å². The molecule has 1 aliphatic carbocycles. The highest BCUT2D eigenvalue weighted by Gasteiger charge is 2.41. The summed E-state index contributed by atoms with van der Waals surface area (Å²) in [7, 11) is 1.65. The summed E-state index contributed by atoms with van der Waals surface area (Å²) in [5, 5.41) is 4.25. The summed E-state index contributed by atoms with van der Waals surface area (Å²) in [6.07, 6.45) is 11.5. The van der Waals surface area contributed by atoms with Crippen LogP contribution in [0.2, 0.25) is 0 Å². The van der Waals surface area contributed by atoms with Crippen LogP contribution in [0.5, 0.6) is 17.2 Å². The molecule has 4 aromatic rings.